The highest BCUT2D eigenvalue weighted by molar-refractivity contribution is 6.30. The van der Waals surface area contributed by atoms with Crippen LogP contribution in [-0.2, 0) is 0 Å². The molecule has 0 aliphatic heterocycles. The van der Waals surface area contributed by atoms with Crippen molar-refractivity contribution in [3.63, 3.8) is 0 Å². The van der Waals surface area contributed by atoms with Crippen LogP contribution in [0.4, 0.5) is 4.39 Å². The molecule has 18 heavy (non-hydrogen) atoms. The Bertz CT molecular complexity index is 388. The Balaban J connectivity index is 1.90. The lowest BCUT2D eigenvalue weighted by Gasteiger charge is -2.23. The highest BCUT2D eigenvalue weighted by Gasteiger charge is 2.17. The fourth-order valence-corrected chi connectivity index (χ4v) is 3.04. The maximum absolute atomic E-state index is 13.8. The Labute approximate surface area is 114 Å². The van der Waals surface area contributed by atoms with Crippen LogP contribution in [0, 0.1) is 11.7 Å². The predicted octanol–water partition coefficient (Wildman–Crippen LogP) is 4.84. The molecule has 1 saturated carbocycles. The predicted molar refractivity (Wildman–Crippen MR) is 74.1 cm³/mol. The summed E-state index contributed by atoms with van der Waals surface area (Å²) in [5, 5.41) is 0.167. The number of rotatable bonds is 4. The topological polar surface area (TPSA) is 26.0 Å². The van der Waals surface area contributed by atoms with E-state index >= 15 is 0 Å². The van der Waals surface area contributed by atoms with E-state index in [0.717, 1.165) is 18.8 Å². The van der Waals surface area contributed by atoms with Gasteiger partial charge in [-0.2, -0.15) is 0 Å². The Morgan fingerprint density at radius 3 is 2.72 bits per heavy atom. The van der Waals surface area contributed by atoms with Crippen LogP contribution in [0.5, 0.6) is 0 Å². The van der Waals surface area contributed by atoms with Crippen molar-refractivity contribution in [3.8, 4) is 0 Å². The average molecular weight is 270 g/mol. The number of hydrogen-bond acceptors (Lipinski definition) is 1. The first-order valence-corrected chi connectivity index (χ1v) is 7.25. The fourth-order valence-electron chi connectivity index (χ4n) is 2.85. The molecule has 1 aliphatic carbocycles. The Morgan fingerprint density at radius 2 is 2.00 bits per heavy atom. The van der Waals surface area contributed by atoms with Crippen molar-refractivity contribution in [2.24, 2.45) is 11.7 Å². The van der Waals surface area contributed by atoms with Crippen LogP contribution in [0.2, 0.25) is 5.02 Å². The summed E-state index contributed by atoms with van der Waals surface area (Å²) in [5.74, 6) is 0.433. The maximum Gasteiger partial charge on any atom is 0.146 e. The number of hydrogen-bond donors (Lipinski definition) is 1. The summed E-state index contributed by atoms with van der Waals surface area (Å²) in [7, 11) is 0. The van der Waals surface area contributed by atoms with E-state index in [2.05, 4.69) is 0 Å². The van der Waals surface area contributed by atoms with Gasteiger partial charge in [-0.25, -0.2) is 4.39 Å². The second kappa shape index (κ2) is 6.53. The third kappa shape index (κ3) is 3.46. The van der Waals surface area contributed by atoms with Crippen molar-refractivity contribution in [1.82, 2.24) is 0 Å². The van der Waals surface area contributed by atoms with Crippen molar-refractivity contribution in [2.45, 2.75) is 51.0 Å². The van der Waals surface area contributed by atoms with Crippen molar-refractivity contribution < 1.29 is 4.39 Å². The van der Waals surface area contributed by atoms with Crippen LogP contribution in [0.15, 0.2) is 18.2 Å². The van der Waals surface area contributed by atoms with Gasteiger partial charge in [-0.1, -0.05) is 55.8 Å². The first kappa shape index (κ1) is 13.8. The minimum Gasteiger partial charge on any atom is -0.324 e. The van der Waals surface area contributed by atoms with Crippen molar-refractivity contribution in [3.05, 3.63) is 34.6 Å². The third-order valence-electron chi connectivity index (χ3n) is 3.99. The smallest absolute Gasteiger partial charge is 0.146 e. The summed E-state index contributed by atoms with van der Waals surface area (Å²) < 4.78 is 13.8. The van der Waals surface area contributed by atoms with E-state index in [1.165, 1.54) is 32.1 Å². The SMILES string of the molecule is NC(CCC1CCCCC1)c1cccc(Cl)c1F. The summed E-state index contributed by atoms with van der Waals surface area (Å²) >= 11 is 5.78. The van der Waals surface area contributed by atoms with E-state index in [9.17, 15) is 4.39 Å². The van der Waals surface area contributed by atoms with Crippen molar-refractivity contribution in [1.29, 1.82) is 0 Å². The molecule has 0 spiro atoms. The standard InChI is InChI=1S/C15H21ClFN/c16-13-8-4-7-12(15(13)17)14(18)10-9-11-5-2-1-3-6-11/h4,7-8,11,14H,1-3,5-6,9-10,18H2. The van der Waals surface area contributed by atoms with Gasteiger partial charge in [0.05, 0.1) is 5.02 Å². The second-order valence-electron chi connectivity index (χ2n) is 5.33. The quantitative estimate of drug-likeness (QED) is 0.832. The zero-order chi connectivity index (χ0) is 13.0. The van der Waals surface area contributed by atoms with Gasteiger partial charge >= 0.3 is 0 Å². The molecule has 1 aliphatic rings. The van der Waals surface area contributed by atoms with Gasteiger partial charge in [0.2, 0.25) is 0 Å². The van der Waals surface area contributed by atoms with E-state index in [4.69, 9.17) is 17.3 Å². The fraction of sp³-hybridized carbons (Fsp3) is 0.600. The maximum atomic E-state index is 13.8. The van der Waals surface area contributed by atoms with Crippen LogP contribution in [0.25, 0.3) is 0 Å². The molecule has 0 saturated heterocycles. The van der Waals surface area contributed by atoms with E-state index in [-0.39, 0.29) is 16.9 Å². The molecule has 1 aromatic carbocycles. The van der Waals surface area contributed by atoms with Crippen molar-refractivity contribution in [2.75, 3.05) is 0 Å². The Hall–Kier alpha value is -0.600. The Kier molecular flexibility index (Phi) is 5.02. The molecule has 1 unspecified atom stereocenters. The molecule has 1 atom stereocenters. The van der Waals surface area contributed by atoms with Gasteiger partial charge in [0.15, 0.2) is 0 Å². The molecular formula is C15H21ClFN. The van der Waals surface area contributed by atoms with Gasteiger partial charge in [-0.3, -0.25) is 0 Å². The molecule has 2 N–H and O–H groups in total. The normalized spacial score (nSPS) is 18.8. The van der Waals surface area contributed by atoms with Gasteiger partial charge < -0.3 is 5.73 Å². The molecule has 1 nitrogen and oxygen atoms in total. The van der Waals surface area contributed by atoms with Crippen LogP contribution in [0.1, 0.15) is 56.6 Å². The molecular weight excluding hydrogens is 249 g/mol. The zero-order valence-electron chi connectivity index (χ0n) is 10.7. The lowest BCUT2D eigenvalue weighted by Crippen LogP contribution is -2.15. The van der Waals surface area contributed by atoms with Gasteiger partial charge in [0.25, 0.3) is 0 Å². The summed E-state index contributed by atoms with van der Waals surface area (Å²) in [5.41, 5.74) is 6.64. The number of benzene rings is 1. The third-order valence-corrected chi connectivity index (χ3v) is 4.28. The van der Waals surface area contributed by atoms with E-state index in [0.29, 0.717) is 5.56 Å². The molecule has 1 aromatic rings. The molecule has 2 rings (SSSR count). The van der Waals surface area contributed by atoms with Crippen LogP contribution in [0.3, 0.4) is 0 Å². The lowest BCUT2D eigenvalue weighted by molar-refractivity contribution is 0.323. The van der Waals surface area contributed by atoms with Crippen molar-refractivity contribution >= 4 is 11.6 Å². The van der Waals surface area contributed by atoms with Gasteiger partial charge in [0.1, 0.15) is 5.82 Å². The van der Waals surface area contributed by atoms with Gasteiger partial charge in [0, 0.05) is 11.6 Å². The first-order chi connectivity index (χ1) is 8.68. The molecule has 0 amide bonds. The lowest BCUT2D eigenvalue weighted by atomic mass is 9.84. The van der Waals surface area contributed by atoms with Gasteiger partial charge in [-0.05, 0) is 24.8 Å². The Morgan fingerprint density at radius 1 is 1.28 bits per heavy atom. The monoisotopic (exact) mass is 269 g/mol. The zero-order valence-corrected chi connectivity index (χ0v) is 11.4. The molecule has 3 heteroatoms. The first-order valence-electron chi connectivity index (χ1n) is 6.88. The molecule has 0 aromatic heterocycles. The summed E-state index contributed by atoms with van der Waals surface area (Å²) in [4.78, 5) is 0. The summed E-state index contributed by atoms with van der Waals surface area (Å²) in [6, 6.07) is 4.84. The van der Waals surface area contributed by atoms with E-state index in [1.54, 1.807) is 18.2 Å². The van der Waals surface area contributed by atoms with E-state index < -0.39 is 0 Å². The summed E-state index contributed by atoms with van der Waals surface area (Å²) in [6.07, 6.45) is 8.62. The number of nitrogens with two attached hydrogens (primary N) is 1. The minimum absolute atomic E-state index is 0.167. The summed E-state index contributed by atoms with van der Waals surface area (Å²) in [6.45, 7) is 0. The minimum atomic E-state index is -0.352. The molecule has 0 radical (unpaired) electrons. The largest absolute Gasteiger partial charge is 0.324 e. The molecule has 0 bridgehead atoms. The van der Waals surface area contributed by atoms with Crippen LogP contribution in [-0.4, -0.2) is 0 Å². The number of halogens is 2. The average Bonchev–Trinajstić information content (AvgIpc) is 2.40. The molecule has 100 valence electrons. The second-order valence-corrected chi connectivity index (χ2v) is 5.74. The molecule has 1 fully saturated rings. The highest BCUT2D eigenvalue weighted by Crippen LogP contribution is 2.31. The molecule has 0 heterocycles. The van der Waals surface area contributed by atoms with Crippen LogP contribution >= 0.6 is 11.6 Å². The van der Waals surface area contributed by atoms with E-state index in [1.807, 2.05) is 0 Å². The van der Waals surface area contributed by atoms with Gasteiger partial charge in [-0.15, -0.1) is 0 Å². The highest BCUT2D eigenvalue weighted by atomic mass is 35.5. The van der Waals surface area contributed by atoms with Crippen LogP contribution < -0.4 is 5.73 Å².